The molecule has 0 saturated carbocycles. The van der Waals surface area contributed by atoms with Crippen LogP contribution in [0.25, 0.3) is 0 Å². The molecule has 0 aromatic heterocycles. The molecule has 0 aliphatic carbocycles. The second kappa shape index (κ2) is 5.44. The molecule has 0 unspecified atom stereocenters. The van der Waals surface area contributed by atoms with Crippen LogP contribution in [0.3, 0.4) is 0 Å². The van der Waals surface area contributed by atoms with Crippen LogP contribution in [0.5, 0.6) is 5.75 Å². The van der Waals surface area contributed by atoms with Crippen LogP contribution in [0.4, 0.5) is 4.39 Å². The summed E-state index contributed by atoms with van der Waals surface area (Å²) >= 11 is 0. The van der Waals surface area contributed by atoms with E-state index >= 15 is 0 Å². The largest absolute Gasteiger partial charge is 0.493 e. The summed E-state index contributed by atoms with van der Waals surface area (Å²) in [4.78, 5) is 10.5. The smallest absolute Gasteiger partial charge is 0.150 e. The van der Waals surface area contributed by atoms with E-state index in [1.165, 1.54) is 12.1 Å². The molecule has 1 aromatic carbocycles. The van der Waals surface area contributed by atoms with Gasteiger partial charge in [0.05, 0.1) is 18.1 Å². The first-order valence-electron chi connectivity index (χ1n) is 5.27. The van der Waals surface area contributed by atoms with E-state index < -0.39 is 11.2 Å². The van der Waals surface area contributed by atoms with Crippen LogP contribution in [0, 0.1) is 22.6 Å². The molecular weight excluding hydrogens is 221 g/mol. The van der Waals surface area contributed by atoms with Gasteiger partial charge in [0.2, 0.25) is 0 Å². The molecule has 1 aromatic rings. The van der Waals surface area contributed by atoms with E-state index in [1.54, 1.807) is 13.8 Å². The Morgan fingerprint density at radius 1 is 1.47 bits per heavy atom. The van der Waals surface area contributed by atoms with Crippen LogP contribution in [0.2, 0.25) is 0 Å². The van der Waals surface area contributed by atoms with E-state index in [1.807, 2.05) is 0 Å². The van der Waals surface area contributed by atoms with Crippen molar-refractivity contribution in [2.75, 3.05) is 6.61 Å². The van der Waals surface area contributed by atoms with E-state index in [9.17, 15) is 9.18 Å². The van der Waals surface area contributed by atoms with Crippen LogP contribution in [0.15, 0.2) is 18.2 Å². The highest BCUT2D eigenvalue weighted by molar-refractivity contribution is 5.75. The molecule has 0 aliphatic heterocycles. The van der Waals surface area contributed by atoms with Gasteiger partial charge in [0, 0.05) is 11.6 Å². The number of aldehydes is 1. The van der Waals surface area contributed by atoms with Gasteiger partial charge in [0.1, 0.15) is 17.9 Å². The molecular formula is C13H14FNO2. The molecule has 0 heterocycles. The Hall–Kier alpha value is -1.89. The van der Waals surface area contributed by atoms with Gasteiger partial charge in [-0.15, -0.1) is 0 Å². The second-order valence-corrected chi connectivity index (χ2v) is 4.43. The Morgan fingerprint density at radius 3 is 2.76 bits per heavy atom. The number of ether oxygens (including phenoxy) is 1. The minimum Gasteiger partial charge on any atom is -0.493 e. The molecule has 0 N–H and O–H groups in total. The molecule has 0 bridgehead atoms. The first-order valence-corrected chi connectivity index (χ1v) is 5.27. The number of nitriles is 1. The number of halogens is 1. The van der Waals surface area contributed by atoms with E-state index in [-0.39, 0.29) is 5.56 Å². The van der Waals surface area contributed by atoms with E-state index in [0.29, 0.717) is 25.1 Å². The van der Waals surface area contributed by atoms with Crippen molar-refractivity contribution in [1.82, 2.24) is 0 Å². The predicted octanol–water partition coefficient (Wildman–Crippen LogP) is 2.96. The zero-order valence-corrected chi connectivity index (χ0v) is 9.87. The van der Waals surface area contributed by atoms with Gasteiger partial charge in [-0.25, -0.2) is 4.39 Å². The van der Waals surface area contributed by atoms with E-state index in [2.05, 4.69) is 6.07 Å². The number of carbonyl (C=O) groups is 1. The van der Waals surface area contributed by atoms with Crippen LogP contribution in [-0.2, 0) is 0 Å². The lowest BCUT2D eigenvalue weighted by Crippen LogP contribution is -2.13. The summed E-state index contributed by atoms with van der Waals surface area (Å²) in [6.45, 7) is 3.92. The molecule has 0 amide bonds. The molecule has 90 valence electrons. The van der Waals surface area contributed by atoms with Crippen molar-refractivity contribution in [1.29, 1.82) is 5.26 Å². The average Bonchev–Trinajstić information content (AvgIpc) is 2.28. The maximum atomic E-state index is 13.1. The van der Waals surface area contributed by atoms with Crippen molar-refractivity contribution in [3.63, 3.8) is 0 Å². The molecule has 0 saturated heterocycles. The minimum atomic E-state index is -0.510. The third kappa shape index (κ3) is 4.23. The van der Waals surface area contributed by atoms with Crippen molar-refractivity contribution in [2.24, 2.45) is 5.41 Å². The van der Waals surface area contributed by atoms with Gasteiger partial charge < -0.3 is 4.74 Å². The summed E-state index contributed by atoms with van der Waals surface area (Å²) in [5.41, 5.74) is -0.236. The maximum Gasteiger partial charge on any atom is 0.150 e. The highest BCUT2D eigenvalue weighted by atomic mass is 19.1. The Labute approximate surface area is 99.8 Å². The highest BCUT2D eigenvalue weighted by Crippen LogP contribution is 2.20. The van der Waals surface area contributed by atoms with Gasteiger partial charge in [0.25, 0.3) is 0 Å². The van der Waals surface area contributed by atoms with Crippen LogP contribution >= 0.6 is 0 Å². The Balaban J connectivity index is 2.61. The fourth-order valence-electron chi connectivity index (χ4n) is 1.22. The molecule has 0 spiro atoms. The molecule has 1 rings (SSSR count). The highest BCUT2D eigenvalue weighted by Gasteiger charge is 2.16. The molecule has 17 heavy (non-hydrogen) atoms. The third-order valence-electron chi connectivity index (χ3n) is 2.33. The normalized spacial score (nSPS) is 10.7. The Kier molecular flexibility index (Phi) is 4.22. The summed E-state index contributed by atoms with van der Waals surface area (Å²) in [5.74, 6) is -0.204. The number of rotatable bonds is 5. The predicted molar refractivity (Wildman–Crippen MR) is 61.3 cm³/mol. The van der Waals surface area contributed by atoms with Crippen LogP contribution < -0.4 is 4.74 Å². The third-order valence-corrected chi connectivity index (χ3v) is 2.33. The average molecular weight is 235 g/mol. The summed E-state index contributed by atoms with van der Waals surface area (Å²) in [7, 11) is 0. The topological polar surface area (TPSA) is 50.1 Å². The molecule has 4 heteroatoms. The summed E-state index contributed by atoms with van der Waals surface area (Å²) in [6.07, 6.45) is 1.10. The molecule has 0 fully saturated rings. The first-order chi connectivity index (χ1) is 7.96. The Morgan fingerprint density at radius 2 is 2.18 bits per heavy atom. The standard InChI is InChI=1S/C13H14FNO2/c1-13(2,9-15)3-4-17-12-6-10(8-16)5-11(14)7-12/h5-8H,3-4H2,1-2H3. The molecule has 3 nitrogen and oxygen atoms in total. The second-order valence-electron chi connectivity index (χ2n) is 4.43. The number of benzene rings is 1. The van der Waals surface area contributed by atoms with E-state index in [0.717, 1.165) is 6.07 Å². The van der Waals surface area contributed by atoms with Gasteiger partial charge in [-0.2, -0.15) is 5.26 Å². The lowest BCUT2D eigenvalue weighted by Gasteiger charge is -2.15. The quantitative estimate of drug-likeness (QED) is 0.737. The lowest BCUT2D eigenvalue weighted by molar-refractivity contribution is 0.112. The SMILES string of the molecule is CC(C)(C#N)CCOc1cc(F)cc(C=O)c1. The van der Waals surface area contributed by atoms with Gasteiger partial charge in [-0.1, -0.05) is 0 Å². The fraction of sp³-hybridized carbons (Fsp3) is 0.385. The zero-order valence-electron chi connectivity index (χ0n) is 9.87. The van der Waals surface area contributed by atoms with Crippen molar-refractivity contribution < 1.29 is 13.9 Å². The van der Waals surface area contributed by atoms with E-state index in [4.69, 9.17) is 10.00 Å². The number of hydrogen-bond donors (Lipinski definition) is 0. The molecule has 0 radical (unpaired) electrons. The first kappa shape index (κ1) is 13.2. The summed E-state index contributed by atoms with van der Waals surface area (Å²) < 4.78 is 18.4. The van der Waals surface area contributed by atoms with Gasteiger partial charge in [0.15, 0.2) is 0 Å². The van der Waals surface area contributed by atoms with Crippen molar-refractivity contribution in [3.05, 3.63) is 29.6 Å². The molecule has 0 aliphatic rings. The Bertz CT molecular complexity index is 449. The lowest BCUT2D eigenvalue weighted by atomic mass is 9.92. The monoisotopic (exact) mass is 235 g/mol. The summed E-state index contributed by atoms with van der Waals surface area (Å²) in [6, 6.07) is 5.97. The summed E-state index contributed by atoms with van der Waals surface area (Å²) in [5, 5.41) is 8.81. The number of carbonyl (C=O) groups excluding carboxylic acids is 1. The minimum absolute atomic E-state index is 0.236. The van der Waals surface area contributed by atoms with Gasteiger partial charge in [-0.05, 0) is 32.4 Å². The van der Waals surface area contributed by atoms with Gasteiger partial charge >= 0.3 is 0 Å². The number of hydrogen-bond acceptors (Lipinski definition) is 3. The van der Waals surface area contributed by atoms with Crippen LogP contribution in [-0.4, -0.2) is 12.9 Å². The zero-order chi connectivity index (χ0) is 12.9. The van der Waals surface area contributed by atoms with Crippen molar-refractivity contribution in [3.8, 4) is 11.8 Å². The number of nitrogens with zero attached hydrogens (tertiary/aromatic N) is 1. The van der Waals surface area contributed by atoms with Crippen LogP contribution in [0.1, 0.15) is 30.6 Å². The van der Waals surface area contributed by atoms with Crippen molar-refractivity contribution >= 4 is 6.29 Å². The van der Waals surface area contributed by atoms with Crippen molar-refractivity contribution in [2.45, 2.75) is 20.3 Å². The fourth-order valence-corrected chi connectivity index (χ4v) is 1.22. The maximum absolute atomic E-state index is 13.1. The molecule has 0 atom stereocenters. The van der Waals surface area contributed by atoms with Gasteiger partial charge in [-0.3, -0.25) is 4.79 Å².